The third kappa shape index (κ3) is 2.73. The first-order valence-electron chi connectivity index (χ1n) is 5.58. The Hall–Kier alpha value is -1.73. The normalized spacial score (nSPS) is 11.7. The van der Waals surface area contributed by atoms with Crippen LogP contribution in [-0.2, 0) is 7.05 Å². The molecule has 1 aromatic heterocycles. The van der Waals surface area contributed by atoms with E-state index in [2.05, 4.69) is 26.2 Å². The molecule has 0 spiro atoms. The van der Waals surface area contributed by atoms with E-state index in [1.54, 1.807) is 32.2 Å². The van der Waals surface area contributed by atoms with Gasteiger partial charge in [-0.2, -0.15) is 5.10 Å². The Balaban J connectivity index is 2.48. The summed E-state index contributed by atoms with van der Waals surface area (Å²) in [5.74, 6) is 0.728. The SMILES string of the molecule is Cc1nn(C)c(Oc2ccc(Br)cc2Cl)c1C(N)=NO. The van der Waals surface area contributed by atoms with Gasteiger partial charge in [-0.15, -0.1) is 0 Å². The van der Waals surface area contributed by atoms with E-state index in [9.17, 15) is 0 Å². The Bertz CT molecular complexity index is 684. The molecule has 0 aliphatic heterocycles. The smallest absolute Gasteiger partial charge is 0.229 e. The number of hydrogen-bond acceptors (Lipinski definition) is 4. The number of ether oxygens (including phenoxy) is 1. The van der Waals surface area contributed by atoms with Crippen LogP contribution in [-0.4, -0.2) is 20.8 Å². The number of nitrogens with two attached hydrogens (primary N) is 1. The average Bonchev–Trinajstić information content (AvgIpc) is 2.66. The fraction of sp³-hybridized carbons (Fsp3) is 0.167. The number of halogens is 2. The van der Waals surface area contributed by atoms with Crippen molar-refractivity contribution in [1.82, 2.24) is 9.78 Å². The number of aryl methyl sites for hydroxylation is 2. The second-order valence-corrected chi connectivity index (χ2v) is 5.37. The zero-order chi connectivity index (χ0) is 14.9. The van der Waals surface area contributed by atoms with Crippen LogP contribution in [0.25, 0.3) is 0 Å². The maximum atomic E-state index is 8.84. The van der Waals surface area contributed by atoms with Gasteiger partial charge in [0.15, 0.2) is 5.84 Å². The third-order valence-corrected chi connectivity index (χ3v) is 3.42. The highest BCUT2D eigenvalue weighted by molar-refractivity contribution is 9.10. The molecule has 0 radical (unpaired) electrons. The molecule has 0 saturated heterocycles. The molecule has 106 valence electrons. The minimum atomic E-state index is -0.0705. The maximum Gasteiger partial charge on any atom is 0.229 e. The van der Waals surface area contributed by atoms with Gasteiger partial charge >= 0.3 is 0 Å². The minimum Gasteiger partial charge on any atom is -0.437 e. The van der Waals surface area contributed by atoms with Crippen LogP contribution in [0.5, 0.6) is 11.6 Å². The van der Waals surface area contributed by atoms with E-state index in [-0.39, 0.29) is 5.84 Å². The predicted octanol–water partition coefficient (Wildman–Crippen LogP) is 3.03. The summed E-state index contributed by atoms with van der Waals surface area (Å²) in [4.78, 5) is 0. The number of rotatable bonds is 3. The second kappa shape index (κ2) is 5.72. The quantitative estimate of drug-likeness (QED) is 0.382. The Morgan fingerprint density at radius 1 is 1.55 bits per heavy atom. The Morgan fingerprint density at radius 2 is 2.25 bits per heavy atom. The molecule has 2 rings (SSSR count). The Labute approximate surface area is 128 Å². The van der Waals surface area contributed by atoms with Gasteiger partial charge in [0, 0.05) is 11.5 Å². The summed E-state index contributed by atoms with van der Waals surface area (Å²) in [6.07, 6.45) is 0. The Kier molecular flexibility index (Phi) is 4.20. The van der Waals surface area contributed by atoms with Crippen molar-refractivity contribution in [1.29, 1.82) is 0 Å². The fourth-order valence-corrected chi connectivity index (χ4v) is 2.47. The van der Waals surface area contributed by atoms with Crippen molar-refractivity contribution in [3.63, 3.8) is 0 Å². The Morgan fingerprint density at radius 3 is 2.85 bits per heavy atom. The lowest BCUT2D eigenvalue weighted by Crippen LogP contribution is -2.15. The molecule has 0 aliphatic rings. The molecular formula is C12H12BrClN4O2. The van der Waals surface area contributed by atoms with Gasteiger partial charge in [-0.25, -0.2) is 4.68 Å². The number of nitrogens with zero attached hydrogens (tertiary/aromatic N) is 3. The first-order chi connectivity index (χ1) is 9.43. The number of amidine groups is 1. The molecule has 2 aromatic rings. The molecule has 0 bridgehead atoms. The number of benzene rings is 1. The van der Waals surface area contributed by atoms with Crippen LogP contribution < -0.4 is 10.5 Å². The third-order valence-electron chi connectivity index (χ3n) is 2.63. The van der Waals surface area contributed by atoms with E-state index in [1.807, 2.05) is 0 Å². The summed E-state index contributed by atoms with van der Waals surface area (Å²) >= 11 is 9.43. The molecule has 0 aliphatic carbocycles. The van der Waals surface area contributed by atoms with Crippen LogP contribution in [0, 0.1) is 6.92 Å². The van der Waals surface area contributed by atoms with E-state index in [1.165, 1.54) is 4.68 Å². The monoisotopic (exact) mass is 358 g/mol. The summed E-state index contributed by atoms with van der Waals surface area (Å²) in [7, 11) is 1.70. The van der Waals surface area contributed by atoms with Crippen LogP contribution >= 0.6 is 27.5 Å². The molecule has 8 heteroatoms. The zero-order valence-corrected chi connectivity index (χ0v) is 13.1. The molecule has 6 nitrogen and oxygen atoms in total. The summed E-state index contributed by atoms with van der Waals surface area (Å²) in [5.41, 5.74) is 6.67. The summed E-state index contributed by atoms with van der Waals surface area (Å²) in [5, 5.41) is 16.5. The van der Waals surface area contributed by atoms with Gasteiger partial charge in [0.25, 0.3) is 0 Å². The first-order valence-corrected chi connectivity index (χ1v) is 6.75. The molecule has 1 aromatic carbocycles. The molecule has 0 fully saturated rings. The van der Waals surface area contributed by atoms with E-state index in [0.717, 1.165) is 4.47 Å². The highest BCUT2D eigenvalue weighted by atomic mass is 79.9. The molecular weight excluding hydrogens is 348 g/mol. The highest BCUT2D eigenvalue weighted by Gasteiger charge is 2.20. The summed E-state index contributed by atoms with van der Waals surface area (Å²) in [6, 6.07) is 5.22. The largest absolute Gasteiger partial charge is 0.437 e. The maximum absolute atomic E-state index is 8.84. The summed E-state index contributed by atoms with van der Waals surface area (Å²) in [6.45, 7) is 1.74. The molecule has 0 atom stereocenters. The molecule has 0 amide bonds. The topological polar surface area (TPSA) is 85.7 Å². The lowest BCUT2D eigenvalue weighted by atomic mass is 10.2. The number of oxime groups is 1. The predicted molar refractivity (Wildman–Crippen MR) is 79.7 cm³/mol. The van der Waals surface area contributed by atoms with Gasteiger partial charge in [0.2, 0.25) is 5.88 Å². The second-order valence-electron chi connectivity index (χ2n) is 4.05. The van der Waals surface area contributed by atoms with Crippen LogP contribution in [0.15, 0.2) is 27.8 Å². The van der Waals surface area contributed by atoms with Crippen molar-refractivity contribution in [2.24, 2.45) is 17.9 Å². The van der Waals surface area contributed by atoms with Crippen molar-refractivity contribution in [2.45, 2.75) is 6.92 Å². The highest BCUT2D eigenvalue weighted by Crippen LogP contribution is 2.33. The number of hydrogen-bond donors (Lipinski definition) is 2. The molecule has 20 heavy (non-hydrogen) atoms. The van der Waals surface area contributed by atoms with E-state index in [0.29, 0.717) is 27.9 Å². The summed E-state index contributed by atoms with van der Waals surface area (Å²) < 4.78 is 8.09. The van der Waals surface area contributed by atoms with Crippen molar-refractivity contribution in [2.75, 3.05) is 0 Å². The van der Waals surface area contributed by atoms with Crippen LogP contribution in [0.2, 0.25) is 5.02 Å². The standard InChI is InChI=1S/C12H12BrClN4O2/c1-6-10(11(15)17-19)12(18(2)16-6)20-9-4-3-7(13)5-8(9)14/h3-5,19H,1-2H3,(H2,15,17). The van der Waals surface area contributed by atoms with E-state index < -0.39 is 0 Å². The van der Waals surface area contributed by atoms with Crippen LogP contribution in [0.4, 0.5) is 0 Å². The van der Waals surface area contributed by atoms with E-state index >= 15 is 0 Å². The molecule has 3 N–H and O–H groups in total. The van der Waals surface area contributed by atoms with Crippen molar-refractivity contribution in [3.05, 3.63) is 39.0 Å². The molecule has 0 saturated carbocycles. The lowest BCUT2D eigenvalue weighted by Gasteiger charge is -2.09. The van der Waals surface area contributed by atoms with Crippen LogP contribution in [0.3, 0.4) is 0 Å². The fourth-order valence-electron chi connectivity index (χ4n) is 1.76. The van der Waals surface area contributed by atoms with Crippen molar-refractivity contribution < 1.29 is 9.94 Å². The average molecular weight is 360 g/mol. The van der Waals surface area contributed by atoms with Crippen LogP contribution in [0.1, 0.15) is 11.3 Å². The van der Waals surface area contributed by atoms with Gasteiger partial charge in [-0.1, -0.05) is 32.7 Å². The minimum absolute atomic E-state index is 0.0705. The zero-order valence-electron chi connectivity index (χ0n) is 10.8. The molecule has 1 heterocycles. The van der Waals surface area contributed by atoms with Crippen molar-refractivity contribution >= 4 is 33.4 Å². The van der Waals surface area contributed by atoms with E-state index in [4.69, 9.17) is 27.3 Å². The number of aromatic nitrogens is 2. The van der Waals surface area contributed by atoms with Crippen molar-refractivity contribution in [3.8, 4) is 11.6 Å². The van der Waals surface area contributed by atoms with Gasteiger partial charge in [0.05, 0.1) is 10.7 Å². The molecule has 0 unspecified atom stereocenters. The van der Waals surface area contributed by atoms with Gasteiger partial charge < -0.3 is 15.7 Å². The van der Waals surface area contributed by atoms with Gasteiger partial charge in [-0.3, -0.25) is 0 Å². The lowest BCUT2D eigenvalue weighted by molar-refractivity contribution is 0.318. The first kappa shape index (κ1) is 14.7. The van der Waals surface area contributed by atoms with Gasteiger partial charge in [-0.05, 0) is 25.1 Å². The van der Waals surface area contributed by atoms with Gasteiger partial charge in [0.1, 0.15) is 11.3 Å².